The van der Waals surface area contributed by atoms with E-state index >= 15 is 0 Å². The highest BCUT2D eigenvalue weighted by Gasteiger charge is 2.27. The van der Waals surface area contributed by atoms with Crippen LogP contribution in [-0.4, -0.2) is 6.04 Å². The van der Waals surface area contributed by atoms with Crippen LogP contribution in [0.5, 0.6) is 0 Å². The fraction of sp³-hybridized carbons (Fsp3) is 0.538. The molecular weight excluding hydrogens is 208 g/mol. The maximum absolute atomic E-state index is 13.5. The Bertz CT molecular complexity index is 352. The van der Waals surface area contributed by atoms with Gasteiger partial charge in [0.2, 0.25) is 0 Å². The molecule has 1 aromatic rings. The summed E-state index contributed by atoms with van der Waals surface area (Å²) in [4.78, 5) is 0. The summed E-state index contributed by atoms with van der Waals surface area (Å²) in [5.74, 6) is -0.199. The third-order valence-electron chi connectivity index (χ3n) is 3.29. The second-order valence-electron chi connectivity index (χ2n) is 4.80. The number of benzene rings is 1. The first-order chi connectivity index (χ1) is 7.58. The van der Waals surface area contributed by atoms with Gasteiger partial charge in [-0.05, 0) is 37.8 Å². The zero-order chi connectivity index (χ0) is 11.7. The molecule has 88 valence electrons. The van der Waals surface area contributed by atoms with Crippen molar-refractivity contribution in [3.8, 4) is 0 Å². The summed E-state index contributed by atoms with van der Waals surface area (Å²) < 4.78 is 26.9. The molecule has 1 saturated carbocycles. The van der Waals surface area contributed by atoms with Gasteiger partial charge in [-0.15, -0.1) is 0 Å². The zero-order valence-corrected chi connectivity index (χ0v) is 9.63. The molecule has 1 N–H and O–H groups in total. The summed E-state index contributed by atoms with van der Waals surface area (Å²) in [5, 5.41) is 3.26. The van der Waals surface area contributed by atoms with E-state index in [1.165, 1.54) is 18.2 Å². The first-order valence-electron chi connectivity index (χ1n) is 5.78. The van der Waals surface area contributed by atoms with Gasteiger partial charge in [0.1, 0.15) is 11.6 Å². The van der Waals surface area contributed by atoms with Crippen molar-refractivity contribution in [3.63, 3.8) is 0 Å². The fourth-order valence-corrected chi connectivity index (χ4v) is 2.40. The smallest absolute Gasteiger partial charge is 0.130 e. The predicted octanol–water partition coefficient (Wildman–Crippen LogP) is 3.41. The molecule has 1 aliphatic carbocycles. The Balaban J connectivity index is 2.05. The highest BCUT2D eigenvalue weighted by atomic mass is 19.1. The van der Waals surface area contributed by atoms with Crippen LogP contribution in [0.25, 0.3) is 0 Å². The van der Waals surface area contributed by atoms with Gasteiger partial charge in [-0.1, -0.05) is 13.0 Å². The number of hydrogen-bond donors (Lipinski definition) is 1. The Morgan fingerprint density at radius 1 is 1.25 bits per heavy atom. The molecule has 16 heavy (non-hydrogen) atoms. The van der Waals surface area contributed by atoms with Gasteiger partial charge in [0.05, 0.1) is 0 Å². The highest BCUT2D eigenvalue weighted by Crippen LogP contribution is 2.29. The molecule has 1 aliphatic rings. The van der Waals surface area contributed by atoms with E-state index < -0.39 is 11.6 Å². The van der Waals surface area contributed by atoms with Crippen LogP contribution in [0.15, 0.2) is 18.2 Å². The third-order valence-corrected chi connectivity index (χ3v) is 3.29. The monoisotopic (exact) mass is 225 g/mol. The quantitative estimate of drug-likeness (QED) is 0.831. The van der Waals surface area contributed by atoms with Crippen LogP contribution in [0.1, 0.15) is 38.3 Å². The SMILES string of the molecule is CC1CC(NC(C)c2c(F)cccc2F)C1. The van der Waals surface area contributed by atoms with Crippen LogP contribution in [0.4, 0.5) is 8.78 Å². The van der Waals surface area contributed by atoms with Crippen molar-refractivity contribution < 1.29 is 8.78 Å². The van der Waals surface area contributed by atoms with E-state index in [-0.39, 0.29) is 11.6 Å². The summed E-state index contributed by atoms with van der Waals surface area (Å²) in [5.41, 5.74) is 0.155. The lowest BCUT2D eigenvalue weighted by molar-refractivity contribution is 0.224. The summed E-state index contributed by atoms with van der Waals surface area (Å²) in [6, 6.07) is 4.15. The van der Waals surface area contributed by atoms with E-state index in [1.54, 1.807) is 0 Å². The topological polar surface area (TPSA) is 12.0 Å². The summed E-state index contributed by atoms with van der Waals surface area (Å²) in [6.07, 6.45) is 2.20. The van der Waals surface area contributed by atoms with Gasteiger partial charge in [0.15, 0.2) is 0 Å². The van der Waals surface area contributed by atoms with Gasteiger partial charge >= 0.3 is 0 Å². The maximum Gasteiger partial charge on any atom is 0.130 e. The van der Waals surface area contributed by atoms with Gasteiger partial charge < -0.3 is 5.32 Å². The molecule has 0 radical (unpaired) electrons. The van der Waals surface area contributed by atoms with Crippen LogP contribution >= 0.6 is 0 Å². The number of rotatable bonds is 3. The van der Waals surface area contributed by atoms with Crippen molar-refractivity contribution in [1.82, 2.24) is 5.32 Å². The lowest BCUT2D eigenvalue weighted by Crippen LogP contribution is -2.41. The van der Waals surface area contributed by atoms with Gasteiger partial charge in [-0.2, -0.15) is 0 Å². The number of hydrogen-bond acceptors (Lipinski definition) is 1. The Hall–Kier alpha value is -0.960. The van der Waals surface area contributed by atoms with E-state index in [9.17, 15) is 8.78 Å². The molecule has 2 rings (SSSR count). The van der Waals surface area contributed by atoms with Gasteiger partial charge in [-0.25, -0.2) is 8.78 Å². The standard InChI is InChI=1S/C13H17F2N/c1-8-6-10(7-8)16-9(2)13-11(14)4-3-5-12(13)15/h3-5,8-10,16H,6-7H2,1-2H3. The molecule has 1 nitrogen and oxygen atoms in total. The molecule has 3 heteroatoms. The van der Waals surface area contributed by atoms with E-state index in [0.717, 1.165) is 18.8 Å². The van der Waals surface area contributed by atoms with Crippen LogP contribution in [0, 0.1) is 17.6 Å². The maximum atomic E-state index is 13.5. The molecule has 1 atom stereocenters. The Labute approximate surface area is 94.9 Å². The summed E-state index contributed by atoms with van der Waals surface area (Å²) in [6.45, 7) is 4.00. The van der Waals surface area contributed by atoms with Gasteiger partial charge in [0, 0.05) is 17.6 Å². The minimum Gasteiger partial charge on any atom is -0.307 e. The number of nitrogens with one attached hydrogen (secondary N) is 1. The fourth-order valence-electron chi connectivity index (χ4n) is 2.40. The van der Waals surface area contributed by atoms with Crippen LogP contribution in [0.3, 0.4) is 0 Å². The Morgan fingerprint density at radius 2 is 1.81 bits per heavy atom. The van der Waals surface area contributed by atoms with Crippen LogP contribution in [-0.2, 0) is 0 Å². The molecule has 0 amide bonds. The second-order valence-corrected chi connectivity index (χ2v) is 4.80. The Kier molecular flexibility index (Phi) is 3.24. The molecule has 1 fully saturated rings. The zero-order valence-electron chi connectivity index (χ0n) is 9.63. The average molecular weight is 225 g/mol. The van der Waals surface area contributed by atoms with Crippen molar-refractivity contribution in [2.24, 2.45) is 5.92 Å². The molecule has 0 bridgehead atoms. The average Bonchev–Trinajstić information content (AvgIpc) is 2.15. The Morgan fingerprint density at radius 3 is 2.31 bits per heavy atom. The van der Waals surface area contributed by atoms with Crippen LogP contribution in [0.2, 0.25) is 0 Å². The molecule has 1 unspecified atom stereocenters. The summed E-state index contributed by atoms with van der Waals surface area (Å²) in [7, 11) is 0. The predicted molar refractivity (Wildman–Crippen MR) is 60.1 cm³/mol. The molecule has 0 saturated heterocycles. The van der Waals surface area contributed by atoms with E-state index in [1.807, 2.05) is 6.92 Å². The van der Waals surface area contributed by atoms with Crippen molar-refractivity contribution >= 4 is 0 Å². The summed E-state index contributed by atoms with van der Waals surface area (Å²) >= 11 is 0. The lowest BCUT2D eigenvalue weighted by atomic mass is 9.81. The normalized spacial score (nSPS) is 26.2. The molecular formula is C13H17F2N. The van der Waals surface area contributed by atoms with Gasteiger partial charge in [0.25, 0.3) is 0 Å². The molecule has 0 aliphatic heterocycles. The molecule has 0 aromatic heterocycles. The third kappa shape index (κ3) is 2.24. The van der Waals surface area contributed by atoms with Gasteiger partial charge in [-0.3, -0.25) is 0 Å². The highest BCUT2D eigenvalue weighted by molar-refractivity contribution is 5.23. The lowest BCUT2D eigenvalue weighted by Gasteiger charge is -2.35. The molecule has 1 aromatic carbocycles. The first kappa shape index (κ1) is 11.5. The van der Waals surface area contributed by atoms with Crippen molar-refractivity contribution in [2.45, 2.75) is 38.8 Å². The molecule has 0 spiro atoms. The van der Waals surface area contributed by atoms with Crippen molar-refractivity contribution in [1.29, 1.82) is 0 Å². The van der Waals surface area contributed by atoms with Crippen molar-refractivity contribution in [2.75, 3.05) is 0 Å². The first-order valence-corrected chi connectivity index (χ1v) is 5.78. The van der Waals surface area contributed by atoms with E-state index in [0.29, 0.717) is 6.04 Å². The minimum absolute atomic E-state index is 0.155. The number of halogens is 2. The second kappa shape index (κ2) is 4.50. The van der Waals surface area contributed by atoms with Crippen LogP contribution < -0.4 is 5.32 Å². The molecule has 0 heterocycles. The van der Waals surface area contributed by atoms with Crippen molar-refractivity contribution in [3.05, 3.63) is 35.4 Å². The minimum atomic E-state index is -0.465. The van der Waals surface area contributed by atoms with E-state index in [4.69, 9.17) is 0 Å². The largest absolute Gasteiger partial charge is 0.307 e. The van der Waals surface area contributed by atoms with E-state index in [2.05, 4.69) is 12.2 Å².